The van der Waals surface area contributed by atoms with Gasteiger partial charge in [0.1, 0.15) is 11.7 Å². The largest absolute Gasteiger partial charge is 0.471 e. The van der Waals surface area contributed by atoms with E-state index >= 15 is 0 Å². The van der Waals surface area contributed by atoms with Gasteiger partial charge in [-0.1, -0.05) is 43.3 Å². The average molecular weight is 466 g/mol. The van der Waals surface area contributed by atoms with Crippen molar-refractivity contribution < 1.29 is 22.7 Å². The van der Waals surface area contributed by atoms with Gasteiger partial charge < -0.3 is 15.4 Å². The molecule has 33 heavy (non-hydrogen) atoms. The third kappa shape index (κ3) is 9.03. The second-order valence-electron chi connectivity index (χ2n) is 7.12. The van der Waals surface area contributed by atoms with Gasteiger partial charge in [-0.3, -0.25) is 20.5 Å². The maximum atomic E-state index is 12.7. The summed E-state index contributed by atoms with van der Waals surface area (Å²) in [6.45, 7) is 3.92. The van der Waals surface area contributed by atoms with Crippen LogP contribution < -0.4 is 5.73 Å². The summed E-state index contributed by atoms with van der Waals surface area (Å²) < 4.78 is 42.0. The number of hydrogen-bond acceptors (Lipinski definition) is 6. The Balaban J connectivity index is 0.00000125. The summed E-state index contributed by atoms with van der Waals surface area (Å²) in [6.07, 6.45) is -4.35. The van der Waals surface area contributed by atoms with Crippen LogP contribution in [0.2, 0.25) is 0 Å². The number of carbonyl (C=O) groups excluding carboxylic acids is 1. The van der Waals surface area contributed by atoms with Crippen LogP contribution in [0.3, 0.4) is 0 Å². The molecule has 0 unspecified atom stereocenters. The fourth-order valence-electron chi connectivity index (χ4n) is 2.75. The predicted octanol–water partition coefficient (Wildman–Crippen LogP) is 3.83. The maximum absolute atomic E-state index is 12.7. The van der Waals surface area contributed by atoms with Crippen LogP contribution >= 0.6 is 0 Å². The van der Waals surface area contributed by atoms with Gasteiger partial charge in [-0.2, -0.15) is 13.2 Å². The van der Waals surface area contributed by atoms with Gasteiger partial charge in [-0.25, -0.2) is 0 Å². The Hall–Kier alpha value is -3.24. The summed E-state index contributed by atoms with van der Waals surface area (Å²) in [4.78, 5) is 12.5. The summed E-state index contributed by atoms with van der Waals surface area (Å²) >= 11 is 0. The molecule has 7 nitrogen and oxygen atoms in total. The molecular weight excluding hydrogens is 435 g/mol. The quantitative estimate of drug-likeness (QED) is 0.312. The van der Waals surface area contributed by atoms with Crippen LogP contribution in [0.1, 0.15) is 18.1 Å². The molecule has 10 heteroatoms. The highest BCUT2D eigenvalue weighted by Gasteiger charge is 2.29. The minimum atomic E-state index is -4.35. The van der Waals surface area contributed by atoms with Crippen LogP contribution in [0.25, 0.3) is 11.1 Å². The molecule has 0 bridgehead atoms. The van der Waals surface area contributed by atoms with Gasteiger partial charge in [0.15, 0.2) is 0 Å². The van der Waals surface area contributed by atoms with Gasteiger partial charge in [0, 0.05) is 0 Å². The number of carbonyl (C=O) groups is 1. The summed E-state index contributed by atoms with van der Waals surface area (Å²) in [7, 11) is 3.21. The number of halogens is 3. The predicted molar refractivity (Wildman–Crippen MR) is 123 cm³/mol. The van der Waals surface area contributed by atoms with E-state index in [2.05, 4.69) is 4.74 Å². The zero-order valence-corrected chi connectivity index (χ0v) is 18.9. The number of hydrogen-bond donors (Lipinski definition) is 3. The molecule has 0 radical (unpaired) electrons. The molecule has 0 heterocycles. The van der Waals surface area contributed by atoms with Gasteiger partial charge >= 0.3 is 6.18 Å². The first-order chi connectivity index (χ1) is 15.6. The highest BCUT2D eigenvalue weighted by atomic mass is 19.4. The molecule has 4 N–H and O–H groups in total. The first-order valence-electron chi connectivity index (χ1n) is 10.1. The molecule has 0 amide bonds. The maximum Gasteiger partial charge on any atom is 0.416 e. The minimum absolute atomic E-state index is 0.0296. The third-order valence-corrected chi connectivity index (χ3v) is 4.74. The Kier molecular flexibility index (Phi) is 11.2. The topological polar surface area (TPSA) is 106 Å². The van der Waals surface area contributed by atoms with E-state index in [1.165, 1.54) is 19.2 Å². The number of nitrogens with zero attached hydrogens (tertiary/aromatic N) is 2. The lowest BCUT2D eigenvalue weighted by atomic mass is 10.0. The van der Waals surface area contributed by atoms with Crippen molar-refractivity contribution in [2.24, 2.45) is 5.73 Å². The number of amidine groups is 2. The monoisotopic (exact) mass is 465 g/mol. The number of alkyl halides is 3. The van der Waals surface area contributed by atoms with Crippen molar-refractivity contribution in [2.45, 2.75) is 19.6 Å². The Morgan fingerprint density at radius 2 is 1.52 bits per heavy atom. The van der Waals surface area contributed by atoms with Crippen LogP contribution in [0, 0.1) is 10.8 Å². The fourth-order valence-corrected chi connectivity index (χ4v) is 2.75. The van der Waals surface area contributed by atoms with E-state index in [0.717, 1.165) is 29.8 Å². The standard InChI is InChI=1S/C21H26F3N5.C2H4O2/c1-3-28(2)14-20(27)29(19(26)12-25)13-15-4-6-16(7-5-15)17-8-10-18(11-9-17)21(22,23)24;1-4-2-3/h4-11,26-27H,3,12-14,25H2,1-2H3;2H,1H3. The average Bonchev–Trinajstić information content (AvgIpc) is 2.81. The number of benzene rings is 2. The molecule has 2 rings (SSSR count). The van der Waals surface area contributed by atoms with Crippen molar-refractivity contribution in [3.05, 3.63) is 59.7 Å². The van der Waals surface area contributed by atoms with Crippen molar-refractivity contribution in [2.75, 3.05) is 33.8 Å². The number of nitrogens with one attached hydrogen (secondary N) is 2. The lowest BCUT2D eigenvalue weighted by molar-refractivity contribution is -0.137. The van der Waals surface area contributed by atoms with Crippen LogP contribution in [0.15, 0.2) is 48.5 Å². The van der Waals surface area contributed by atoms with Gasteiger partial charge in [-0.15, -0.1) is 0 Å². The van der Waals surface area contributed by atoms with Crippen LogP contribution in [0.4, 0.5) is 13.2 Å². The number of rotatable bonds is 8. The molecule has 0 saturated carbocycles. The smallest absolute Gasteiger partial charge is 0.416 e. The van der Waals surface area contributed by atoms with Gasteiger partial charge in [0.25, 0.3) is 6.47 Å². The SMILES string of the molecule is CCN(C)CC(=N)N(Cc1ccc(-c2ccc(C(F)(F)F)cc2)cc1)C(=N)CN.COC=O. The zero-order chi connectivity index (χ0) is 25.0. The minimum Gasteiger partial charge on any atom is -0.471 e. The zero-order valence-electron chi connectivity index (χ0n) is 18.9. The van der Waals surface area contributed by atoms with Gasteiger partial charge in [-0.05, 0) is 42.4 Å². The number of likely N-dealkylation sites (N-methyl/N-ethyl adjacent to an activating group) is 1. The van der Waals surface area contributed by atoms with E-state index in [1.807, 2.05) is 43.1 Å². The number of ether oxygens (including phenoxy) is 1. The van der Waals surface area contributed by atoms with E-state index in [4.69, 9.17) is 21.3 Å². The molecule has 0 saturated heterocycles. The second-order valence-corrected chi connectivity index (χ2v) is 7.12. The van der Waals surface area contributed by atoms with Crippen molar-refractivity contribution in [1.29, 1.82) is 10.8 Å². The van der Waals surface area contributed by atoms with Crippen LogP contribution in [-0.2, 0) is 22.3 Å². The Labute approximate surface area is 192 Å². The molecule has 0 aliphatic carbocycles. The van der Waals surface area contributed by atoms with E-state index < -0.39 is 11.7 Å². The van der Waals surface area contributed by atoms with E-state index in [1.54, 1.807) is 4.90 Å². The van der Waals surface area contributed by atoms with Crippen molar-refractivity contribution >= 4 is 18.1 Å². The molecular formula is C23H30F3N5O2. The molecule has 0 fully saturated rings. The first kappa shape index (κ1) is 27.8. The van der Waals surface area contributed by atoms with Gasteiger partial charge in [0.05, 0.1) is 32.3 Å². The molecule has 0 aliphatic rings. The molecule has 180 valence electrons. The van der Waals surface area contributed by atoms with E-state index in [9.17, 15) is 13.2 Å². The van der Waals surface area contributed by atoms with Crippen LogP contribution in [0.5, 0.6) is 0 Å². The summed E-state index contributed by atoms with van der Waals surface area (Å²) in [5.74, 6) is 0.447. The first-order valence-corrected chi connectivity index (χ1v) is 10.1. The van der Waals surface area contributed by atoms with E-state index in [0.29, 0.717) is 25.1 Å². The molecule has 0 aromatic heterocycles. The molecule has 0 spiro atoms. The highest BCUT2D eigenvalue weighted by Crippen LogP contribution is 2.31. The van der Waals surface area contributed by atoms with Crippen molar-refractivity contribution in [3.63, 3.8) is 0 Å². The molecule has 2 aromatic carbocycles. The Bertz CT molecular complexity index is 900. The molecule has 0 aliphatic heterocycles. The second kappa shape index (κ2) is 13.3. The molecule has 0 atom stereocenters. The normalized spacial score (nSPS) is 10.8. The van der Waals surface area contributed by atoms with Crippen molar-refractivity contribution in [1.82, 2.24) is 9.80 Å². The molecule has 2 aromatic rings. The Morgan fingerprint density at radius 1 is 1.03 bits per heavy atom. The third-order valence-electron chi connectivity index (χ3n) is 4.74. The summed E-state index contributed by atoms with van der Waals surface area (Å²) in [5, 5.41) is 16.4. The Morgan fingerprint density at radius 3 is 1.91 bits per heavy atom. The fraction of sp³-hybridized carbons (Fsp3) is 0.348. The summed E-state index contributed by atoms with van der Waals surface area (Å²) in [6, 6.07) is 12.4. The van der Waals surface area contributed by atoms with Gasteiger partial charge in [0.2, 0.25) is 0 Å². The highest BCUT2D eigenvalue weighted by molar-refractivity contribution is 5.99. The van der Waals surface area contributed by atoms with E-state index in [-0.39, 0.29) is 18.2 Å². The number of nitrogens with two attached hydrogens (primary N) is 1. The lowest BCUT2D eigenvalue weighted by Crippen LogP contribution is -2.44. The van der Waals surface area contributed by atoms with Crippen LogP contribution in [-0.4, -0.2) is 61.7 Å². The number of methoxy groups -OCH3 is 1. The lowest BCUT2D eigenvalue weighted by Gasteiger charge is -2.27. The summed E-state index contributed by atoms with van der Waals surface area (Å²) in [5.41, 5.74) is 7.30. The van der Waals surface area contributed by atoms with Crippen molar-refractivity contribution in [3.8, 4) is 11.1 Å².